The van der Waals surface area contributed by atoms with Gasteiger partial charge in [-0.25, -0.2) is 4.98 Å². The van der Waals surface area contributed by atoms with Gasteiger partial charge in [0, 0.05) is 36.6 Å². The van der Waals surface area contributed by atoms with Gasteiger partial charge in [-0.2, -0.15) is 0 Å². The van der Waals surface area contributed by atoms with Crippen molar-refractivity contribution < 1.29 is 9.15 Å². The zero-order chi connectivity index (χ0) is 16.9. The van der Waals surface area contributed by atoms with Gasteiger partial charge >= 0.3 is 0 Å². The zero-order valence-corrected chi connectivity index (χ0v) is 14.3. The molecule has 2 heterocycles. The van der Waals surface area contributed by atoms with Gasteiger partial charge in [-0.05, 0) is 44.9 Å². The number of nitrogens with one attached hydrogen (secondary N) is 1. The molecule has 1 fully saturated rings. The molecule has 3 rings (SSSR count). The van der Waals surface area contributed by atoms with Crippen LogP contribution in [0.3, 0.4) is 0 Å². The number of aromatic nitrogens is 1. The van der Waals surface area contributed by atoms with E-state index >= 15 is 0 Å². The molecular formula is C19H25N3O2. The van der Waals surface area contributed by atoms with Gasteiger partial charge in [0.1, 0.15) is 5.52 Å². The largest absolute Gasteiger partial charge is 0.436 e. The Morgan fingerprint density at radius 1 is 1.29 bits per heavy atom. The number of nitrogens with zero attached hydrogens (tertiary/aromatic N) is 1. The minimum absolute atomic E-state index is 0.0551. The molecule has 5 nitrogen and oxygen atoms in total. The second-order valence-corrected chi connectivity index (χ2v) is 6.28. The number of fused-ring (bicyclic) bond motifs is 1. The van der Waals surface area contributed by atoms with Crippen molar-refractivity contribution in [2.45, 2.75) is 38.8 Å². The first-order valence-corrected chi connectivity index (χ1v) is 8.48. The quantitative estimate of drug-likeness (QED) is 0.825. The molecule has 0 saturated carbocycles. The molecule has 1 aliphatic rings. The number of nitrogens with two attached hydrogens (primary N) is 1. The third kappa shape index (κ3) is 4.04. The summed E-state index contributed by atoms with van der Waals surface area (Å²) in [6, 6.07) is 8.15. The molecule has 1 aliphatic heterocycles. The van der Waals surface area contributed by atoms with Gasteiger partial charge in [0.25, 0.3) is 0 Å². The van der Waals surface area contributed by atoms with Gasteiger partial charge in [0.2, 0.25) is 5.89 Å². The fourth-order valence-corrected chi connectivity index (χ4v) is 2.74. The van der Waals surface area contributed by atoms with Gasteiger partial charge in [-0.1, -0.05) is 18.2 Å². The summed E-state index contributed by atoms with van der Waals surface area (Å²) < 4.78 is 11.2. The summed E-state index contributed by atoms with van der Waals surface area (Å²) in [5.74, 6) is 0.641. The SMILES string of the molecule is C/C(=C\C=C(\NC1CCOCC1)[C@H](C)N)c1nc2ccccc2o1. The topological polar surface area (TPSA) is 73.3 Å². The molecule has 0 spiro atoms. The maximum Gasteiger partial charge on any atom is 0.222 e. The molecule has 2 aromatic rings. The normalized spacial score (nSPS) is 18.8. The number of allylic oxidation sites excluding steroid dienone is 3. The molecule has 0 aliphatic carbocycles. The van der Waals surface area contributed by atoms with E-state index in [-0.39, 0.29) is 6.04 Å². The van der Waals surface area contributed by atoms with Crippen molar-refractivity contribution in [3.8, 4) is 0 Å². The van der Waals surface area contributed by atoms with Gasteiger partial charge in [0.15, 0.2) is 5.58 Å². The highest BCUT2D eigenvalue weighted by Gasteiger charge is 2.15. The van der Waals surface area contributed by atoms with Crippen LogP contribution in [0.2, 0.25) is 0 Å². The smallest absolute Gasteiger partial charge is 0.222 e. The van der Waals surface area contributed by atoms with E-state index in [1.165, 1.54) is 0 Å². The maximum absolute atomic E-state index is 6.11. The Labute approximate surface area is 142 Å². The monoisotopic (exact) mass is 327 g/mol. The lowest BCUT2D eigenvalue weighted by Crippen LogP contribution is -2.39. The van der Waals surface area contributed by atoms with E-state index < -0.39 is 0 Å². The lowest BCUT2D eigenvalue weighted by atomic mass is 10.1. The van der Waals surface area contributed by atoms with E-state index in [4.69, 9.17) is 14.9 Å². The minimum Gasteiger partial charge on any atom is -0.436 e. The summed E-state index contributed by atoms with van der Waals surface area (Å²) in [7, 11) is 0. The van der Waals surface area contributed by atoms with Crippen LogP contribution in [0.15, 0.2) is 46.5 Å². The van der Waals surface area contributed by atoms with Crippen LogP contribution in [0.1, 0.15) is 32.6 Å². The van der Waals surface area contributed by atoms with Crippen molar-refractivity contribution in [3.63, 3.8) is 0 Å². The summed E-state index contributed by atoms with van der Waals surface area (Å²) in [6.45, 7) is 5.60. The Morgan fingerprint density at radius 2 is 2.04 bits per heavy atom. The first-order valence-electron chi connectivity index (χ1n) is 8.48. The number of hydrogen-bond donors (Lipinski definition) is 2. The van der Waals surface area contributed by atoms with Crippen LogP contribution in [-0.2, 0) is 4.74 Å². The van der Waals surface area contributed by atoms with Crippen LogP contribution >= 0.6 is 0 Å². The van der Waals surface area contributed by atoms with Crippen LogP contribution in [0, 0.1) is 0 Å². The van der Waals surface area contributed by atoms with Crippen molar-refractivity contribution in [3.05, 3.63) is 48.0 Å². The standard InChI is InChI=1S/C19H25N3O2/c1-13(19-22-17-5-3-4-6-18(17)24-19)7-8-16(14(2)20)21-15-9-11-23-12-10-15/h3-8,14-15,21H,9-12,20H2,1-2H3/b13-7+,16-8+/t14-/m0/s1. The van der Waals surface area contributed by atoms with E-state index in [9.17, 15) is 0 Å². The molecule has 0 bridgehead atoms. The Hall–Kier alpha value is -2.11. The predicted molar refractivity (Wildman–Crippen MR) is 96.4 cm³/mol. The number of para-hydroxylation sites is 2. The van der Waals surface area contributed by atoms with Gasteiger partial charge in [-0.3, -0.25) is 0 Å². The molecular weight excluding hydrogens is 302 g/mol. The predicted octanol–water partition coefficient (Wildman–Crippen LogP) is 3.23. The minimum atomic E-state index is -0.0551. The Kier molecular flexibility index (Phi) is 5.33. The molecule has 1 aromatic carbocycles. The molecule has 0 radical (unpaired) electrons. The average molecular weight is 327 g/mol. The molecule has 1 atom stereocenters. The molecule has 24 heavy (non-hydrogen) atoms. The second-order valence-electron chi connectivity index (χ2n) is 6.28. The lowest BCUT2D eigenvalue weighted by Gasteiger charge is -2.26. The number of rotatable bonds is 5. The Balaban J connectivity index is 1.76. The van der Waals surface area contributed by atoms with E-state index in [0.29, 0.717) is 11.9 Å². The summed E-state index contributed by atoms with van der Waals surface area (Å²) in [4.78, 5) is 4.52. The van der Waals surface area contributed by atoms with Crippen molar-refractivity contribution in [1.82, 2.24) is 10.3 Å². The average Bonchev–Trinajstić information content (AvgIpc) is 3.03. The molecule has 1 aromatic heterocycles. The molecule has 3 N–H and O–H groups in total. The van der Waals surface area contributed by atoms with Gasteiger partial charge < -0.3 is 20.2 Å². The number of oxazole rings is 1. The van der Waals surface area contributed by atoms with E-state index in [0.717, 1.165) is 48.4 Å². The molecule has 0 unspecified atom stereocenters. The van der Waals surface area contributed by atoms with Crippen LogP contribution < -0.4 is 11.1 Å². The number of hydrogen-bond acceptors (Lipinski definition) is 5. The first kappa shape index (κ1) is 16.7. The van der Waals surface area contributed by atoms with E-state index in [2.05, 4.69) is 10.3 Å². The highest BCUT2D eigenvalue weighted by Crippen LogP contribution is 2.20. The summed E-state index contributed by atoms with van der Waals surface area (Å²) in [5, 5.41) is 3.55. The second kappa shape index (κ2) is 7.64. The highest BCUT2D eigenvalue weighted by molar-refractivity contribution is 5.75. The number of benzene rings is 1. The fraction of sp³-hybridized carbons (Fsp3) is 0.421. The van der Waals surface area contributed by atoms with Crippen molar-refractivity contribution >= 4 is 16.7 Å². The molecule has 128 valence electrons. The van der Waals surface area contributed by atoms with Crippen molar-refractivity contribution in [1.29, 1.82) is 0 Å². The van der Waals surface area contributed by atoms with Gasteiger partial charge in [0.05, 0.1) is 0 Å². The lowest BCUT2D eigenvalue weighted by molar-refractivity contribution is 0.0800. The summed E-state index contributed by atoms with van der Waals surface area (Å²) in [5.41, 5.74) is 9.78. The van der Waals surface area contributed by atoms with E-state index in [1.807, 2.05) is 50.3 Å². The number of ether oxygens (including phenoxy) is 1. The summed E-state index contributed by atoms with van der Waals surface area (Å²) in [6.07, 6.45) is 6.07. The summed E-state index contributed by atoms with van der Waals surface area (Å²) >= 11 is 0. The maximum atomic E-state index is 6.11. The molecule has 1 saturated heterocycles. The van der Waals surface area contributed by atoms with Crippen LogP contribution in [-0.4, -0.2) is 30.3 Å². The Bertz CT molecular complexity index is 707. The molecule has 0 amide bonds. The fourth-order valence-electron chi connectivity index (χ4n) is 2.74. The molecule has 5 heteroatoms. The highest BCUT2D eigenvalue weighted by atomic mass is 16.5. The zero-order valence-electron chi connectivity index (χ0n) is 14.3. The Morgan fingerprint density at radius 3 is 2.75 bits per heavy atom. The third-order valence-electron chi connectivity index (χ3n) is 4.23. The van der Waals surface area contributed by atoms with Crippen LogP contribution in [0.5, 0.6) is 0 Å². The van der Waals surface area contributed by atoms with E-state index in [1.54, 1.807) is 0 Å². The van der Waals surface area contributed by atoms with Crippen molar-refractivity contribution in [2.24, 2.45) is 5.73 Å². The van der Waals surface area contributed by atoms with Crippen LogP contribution in [0.25, 0.3) is 16.7 Å². The third-order valence-corrected chi connectivity index (χ3v) is 4.23. The van der Waals surface area contributed by atoms with Crippen molar-refractivity contribution in [2.75, 3.05) is 13.2 Å². The first-order chi connectivity index (χ1) is 11.6. The van der Waals surface area contributed by atoms with Gasteiger partial charge in [-0.15, -0.1) is 0 Å². The van der Waals surface area contributed by atoms with Crippen LogP contribution in [0.4, 0.5) is 0 Å².